The third kappa shape index (κ3) is 3.04. The van der Waals surface area contributed by atoms with Crippen molar-refractivity contribution in [1.29, 1.82) is 0 Å². The van der Waals surface area contributed by atoms with Gasteiger partial charge in [-0.05, 0) is 31.4 Å². The lowest BCUT2D eigenvalue weighted by atomic mass is 9.60. The van der Waals surface area contributed by atoms with E-state index in [0.29, 0.717) is 5.15 Å². The summed E-state index contributed by atoms with van der Waals surface area (Å²) in [6.07, 6.45) is 3.27. The first-order valence-electron chi connectivity index (χ1n) is 8.46. The van der Waals surface area contributed by atoms with Gasteiger partial charge >= 0.3 is 0 Å². The predicted octanol–water partition coefficient (Wildman–Crippen LogP) is 3.14. The van der Waals surface area contributed by atoms with Crippen molar-refractivity contribution in [3.05, 3.63) is 23.1 Å². The summed E-state index contributed by atoms with van der Waals surface area (Å²) < 4.78 is 29.9. The number of rotatable bonds is 5. The van der Waals surface area contributed by atoms with Crippen LogP contribution in [0, 0.1) is 12.3 Å². The molecule has 26 heavy (non-hydrogen) atoms. The molecular weight excluding hydrogens is 382 g/mol. The average molecular weight is 403 g/mol. The van der Waals surface area contributed by atoms with Crippen LogP contribution in [-0.4, -0.2) is 50.5 Å². The van der Waals surface area contributed by atoms with Gasteiger partial charge in [0.2, 0.25) is 0 Å². The number of halogens is 3. The highest BCUT2D eigenvalue weighted by molar-refractivity contribution is 7.94. The molecule has 4 rings (SSSR count). The maximum absolute atomic E-state index is 13.3. The molecule has 6 nitrogen and oxygen atoms in total. The molecule has 1 saturated carbocycles. The molecule has 0 unspecified atom stereocenters. The molecular formula is C16H21ClF2N6S. The number of nitrogens with zero attached hydrogens (tertiary/aromatic N) is 5. The highest BCUT2D eigenvalue weighted by Crippen LogP contribution is 2.52. The second-order valence-electron chi connectivity index (χ2n) is 7.66. The Bertz CT molecular complexity index is 824. The summed E-state index contributed by atoms with van der Waals surface area (Å²) in [6.45, 7) is 4.34. The number of alkyl halides is 2. The van der Waals surface area contributed by atoms with Gasteiger partial charge in [0.25, 0.3) is 5.92 Å². The summed E-state index contributed by atoms with van der Waals surface area (Å²) in [4.78, 5) is 6.66. The Kier molecular flexibility index (Phi) is 4.33. The van der Waals surface area contributed by atoms with Crippen LogP contribution in [0.3, 0.4) is 0 Å². The summed E-state index contributed by atoms with van der Waals surface area (Å²) in [5.74, 6) is -1.86. The SMILES string of the molecule is Cc1cc(Cl)n2ncnc(N3CC4(CC(N(CC(C)(F)F)SN)C4)C3)c12. The van der Waals surface area contributed by atoms with Crippen molar-refractivity contribution >= 4 is 35.1 Å². The molecule has 1 spiro atoms. The molecule has 1 aliphatic heterocycles. The summed E-state index contributed by atoms with van der Waals surface area (Å²) >= 11 is 7.13. The lowest BCUT2D eigenvalue weighted by molar-refractivity contribution is -0.0380. The van der Waals surface area contributed by atoms with Crippen molar-refractivity contribution in [2.75, 3.05) is 24.5 Å². The van der Waals surface area contributed by atoms with Gasteiger partial charge < -0.3 is 4.90 Å². The topological polar surface area (TPSA) is 62.7 Å². The Morgan fingerprint density at radius 1 is 1.46 bits per heavy atom. The molecule has 0 radical (unpaired) electrons. The van der Waals surface area contributed by atoms with Gasteiger partial charge in [0.05, 0.1) is 6.54 Å². The zero-order valence-corrected chi connectivity index (χ0v) is 16.2. The molecule has 2 fully saturated rings. The summed E-state index contributed by atoms with van der Waals surface area (Å²) in [6, 6.07) is 1.98. The van der Waals surface area contributed by atoms with Crippen LogP contribution in [0.25, 0.3) is 5.52 Å². The highest BCUT2D eigenvalue weighted by Gasteiger charge is 2.55. The minimum Gasteiger partial charge on any atom is -0.354 e. The van der Waals surface area contributed by atoms with E-state index >= 15 is 0 Å². The largest absolute Gasteiger partial charge is 0.354 e. The van der Waals surface area contributed by atoms with E-state index in [-0.39, 0.29) is 18.0 Å². The molecule has 2 aromatic rings. The van der Waals surface area contributed by atoms with Crippen LogP contribution in [0.2, 0.25) is 5.15 Å². The average Bonchev–Trinajstić information content (AvgIpc) is 2.77. The number of aromatic nitrogens is 3. The first-order valence-corrected chi connectivity index (χ1v) is 9.68. The summed E-state index contributed by atoms with van der Waals surface area (Å²) in [7, 11) is 0. The Labute approximate surface area is 159 Å². The Morgan fingerprint density at radius 2 is 2.15 bits per heavy atom. The lowest BCUT2D eigenvalue weighted by Crippen LogP contribution is -2.66. The van der Waals surface area contributed by atoms with Crippen LogP contribution < -0.4 is 10.0 Å². The minimum atomic E-state index is -2.74. The van der Waals surface area contributed by atoms with Crippen molar-refractivity contribution in [3.63, 3.8) is 0 Å². The smallest absolute Gasteiger partial charge is 0.258 e. The van der Waals surface area contributed by atoms with Gasteiger partial charge in [-0.2, -0.15) is 5.10 Å². The third-order valence-electron chi connectivity index (χ3n) is 5.35. The molecule has 2 aliphatic rings. The zero-order chi connectivity index (χ0) is 18.7. The molecule has 1 aliphatic carbocycles. The van der Waals surface area contributed by atoms with Gasteiger partial charge in [-0.3, -0.25) is 5.14 Å². The third-order valence-corrected chi connectivity index (χ3v) is 6.31. The first kappa shape index (κ1) is 18.2. The number of fused-ring (bicyclic) bond motifs is 1. The zero-order valence-electron chi connectivity index (χ0n) is 14.6. The molecule has 0 atom stereocenters. The molecule has 0 aromatic carbocycles. The number of nitrogens with two attached hydrogens (primary N) is 1. The number of hydrogen-bond acceptors (Lipinski definition) is 6. The Balaban J connectivity index is 1.43. The van der Waals surface area contributed by atoms with E-state index in [4.69, 9.17) is 16.7 Å². The quantitative estimate of drug-likeness (QED) is 0.775. The normalized spacial score (nSPS) is 20.0. The molecule has 0 bridgehead atoms. The van der Waals surface area contributed by atoms with E-state index in [0.717, 1.165) is 61.9 Å². The van der Waals surface area contributed by atoms with E-state index in [9.17, 15) is 8.78 Å². The number of aryl methyl sites for hydroxylation is 1. The number of hydrogen-bond donors (Lipinski definition) is 1. The monoisotopic (exact) mass is 402 g/mol. The fourth-order valence-electron chi connectivity index (χ4n) is 4.23. The fraction of sp³-hybridized carbons (Fsp3) is 0.625. The van der Waals surface area contributed by atoms with Gasteiger partial charge in [-0.15, -0.1) is 0 Å². The Morgan fingerprint density at radius 3 is 2.77 bits per heavy atom. The highest BCUT2D eigenvalue weighted by atomic mass is 35.5. The van der Waals surface area contributed by atoms with Crippen LogP contribution in [0.4, 0.5) is 14.6 Å². The maximum Gasteiger partial charge on any atom is 0.258 e. The van der Waals surface area contributed by atoms with Crippen molar-refractivity contribution in [1.82, 2.24) is 18.9 Å². The van der Waals surface area contributed by atoms with E-state index in [1.54, 1.807) is 8.82 Å². The molecule has 10 heteroatoms. The van der Waals surface area contributed by atoms with Gasteiger partial charge in [-0.1, -0.05) is 11.6 Å². The summed E-state index contributed by atoms with van der Waals surface area (Å²) in [5, 5.41) is 10.4. The summed E-state index contributed by atoms with van der Waals surface area (Å²) in [5.41, 5.74) is 2.13. The first-order chi connectivity index (χ1) is 12.2. The van der Waals surface area contributed by atoms with E-state index < -0.39 is 5.92 Å². The van der Waals surface area contributed by atoms with Crippen LogP contribution in [0.5, 0.6) is 0 Å². The number of anilines is 1. The van der Waals surface area contributed by atoms with Crippen LogP contribution in [0.1, 0.15) is 25.3 Å². The Hall–Kier alpha value is -1.16. The van der Waals surface area contributed by atoms with Crippen LogP contribution in [-0.2, 0) is 0 Å². The van der Waals surface area contributed by atoms with Gasteiger partial charge in [0.15, 0.2) is 5.82 Å². The van der Waals surface area contributed by atoms with Gasteiger partial charge in [0.1, 0.15) is 17.0 Å². The molecule has 3 heterocycles. The van der Waals surface area contributed by atoms with Gasteiger partial charge in [-0.25, -0.2) is 22.6 Å². The second kappa shape index (κ2) is 6.19. The lowest BCUT2D eigenvalue weighted by Gasteiger charge is -2.61. The van der Waals surface area contributed by atoms with Gasteiger partial charge in [0, 0.05) is 43.6 Å². The van der Waals surface area contributed by atoms with Crippen molar-refractivity contribution < 1.29 is 8.78 Å². The minimum absolute atomic E-state index is 0.105. The van der Waals surface area contributed by atoms with Crippen molar-refractivity contribution in [2.24, 2.45) is 10.6 Å². The predicted molar refractivity (Wildman–Crippen MR) is 99.5 cm³/mol. The fourth-order valence-corrected chi connectivity index (χ4v) is 5.15. The van der Waals surface area contributed by atoms with Crippen LogP contribution in [0.15, 0.2) is 12.4 Å². The molecule has 142 valence electrons. The second-order valence-corrected chi connectivity index (χ2v) is 8.73. The van der Waals surface area contributed by atoms with E-state index in [1.165, 1.54) is 6.33 Å². The van der Waals surface area contributed by atoms with Crippen molar-refractivity contribution in [2.45, 2.75) is 38.7 Å². The standard InChI is InChI=1S/C16H21ClF2N6S/c1-10-3-12(17)25-13(10)14(21-9-22-25)23-7-16(8-23)4-11(5-16)24(26-20)6-15(2,18)19/h3,9,11H,4-8,20H2,1-2H3. The molecule has 2 aromatic heterocycles. The molecule has 1 saturated heterocycles. The molecule has 2 N–H and O–H groups in total. The van der Waals surface area contributed by atoms with E-state index in [1.807, 2.05) is 13.0 Å². The maximum atomic E-state index is 13.3. The van der Waals surface area contributed by atoms with Crippen LogP contribution >= 0.6 is 23.7 Å². The van der Waals surface area contributed by atoms with Crippen molar-refractivity contribution in [3.8, 4) is 0 Å². The molecule has 0 amide bonds. The van der Waals surface area contributed by atoms with E-state index in [2.05, 4.69) is 15.0 Å².